The standard InChI is InChI=1S/C11H23N3O2S/c1-13-7-2-8-14(10-9-13)17(15,16)11-3-5-12-6-4-11/h11-12H,2-10H2,1H3. The quantitative estimate of drug-likeness (QED) is 0.742. The summed E-state index contributed by atoms with van der Waals surface area (Å²) in [5, 5.41) is 3.06. The van der Waals surface area contributed by atoms with E-state index >= 15 is 0 Å². The van der Waals surface area contributed by atoms with Gasteiger partial charge < -0.3 is 10.2 Å². The molecule has 2 heterocycles. The van der Waals surface area contributed by atoms with Crippen LogP contribution in [-0.2, 0) is 10.0 Å². The van der Waals surface area contributed by atoms with Gasteiger partial charge in [-0.3, -0.25) is 0 Å². The lowest BCUT2D eigenvalue weighted by Gasteiger charge is -2.29. The normalized spacial score (nSPS) is 26.9. The fraction of sp³-hybridized carbons (Fsp3) is 1.00. The number of hydrogen-bond donors (Lipinski definition) is 1. The van der Waals surface area contributed by atoms with Crippen molar-refractivity contribution >= 4 is 10.0 Å². The Labute approximate surface area is 104 Å². The van der Waals surface area contributed by atoms with Crippen LogP contribution in [0.1, 0.15) is 19.3 Å². The summed E-state index contributed by atoms with van der Waals surface area (Å²) in [5.74, 6) is 0. The number of rotatable bonds is 2. The average molecular weight is 261 g/mol. The Balaban J connectivity index is 2.03. The molecule has 17 heavy (non-hydrogen) atoms. The molecule has 1 N–H and O–H groups in total. The largest absolute Gasteiger partial charge is 0.317 e. The van der Waals surface area contributed by atoms with Crippen LogP contribution in [0.2, 0.25) is 0 Å². The molecule has 6 heteroatoms. The van der Waals surface area contributed by atoms with Crippen molar-refractivity contribution in [3.63, 3.8) is 0 Å². The Hall–Kier alpha value is -0.170. The first-order chi connectivity index (χ1) is 8.10. The van der Waals surface area contributed by atoms with Gasteiger partial charge in [0.2, 0.25) is 10.0 Å². The smallest absolute Gasteiger partial charge is 0.217 e. The minimum Gasteiger partial charge on any atom is -0.317 e. The van der Waals surface area contributed by atoms with Crippen LogP contribution >= 0.6 is 0 Å². The molecule has 2 rings (SSSR count). The van der Waals surface area contributed by atoms with Crippen molar-refractivity contribution in [2.24, 2.45) is 0 Å². The highest BCUT2D eigenvalue weighted by molar-refractivity contribution is 7.89. The monoisotopic (exact) mass is 261 g/mol. The van der Waals surface area contributed by atoms with E-state index in [-0.39, 0.29) is 5.25 Å². The molecule has 2 fully saturated rings. The van der Waals surface area contributed by atoms with Crippen LogP contribution in [-0.4, -0.2) is 69.2 Å². The van der Waals surface area contributed by atoms with Gasteiger partial charge in [-0.15, -0.1) is 0 Å². The number of sulfonamides is 1. The first-order valence-corrected chi connectivity index (χ1v) is 7.99. The Kier molecular flexibility index (Phi) is 4.41. The molecule has 0 radical (unpaired) electrons. The Morgan fingerprint density at radius 2 is 1.76 bits per heavy atom. The third-order valence-electron chi connectivity index (χ3n) is 3.75. The lowest BCUT2D eigenvalue weighted by Crippen LogP contribution is -2.45. The topological polar surface area (TPSA) is 52.7 Å². The van der Waals surface area contributed by atoms with Gasteiger partial charge in [0.15, 0.2) is 0 Å². The molecular formula is C11H23N3O2S. The van der Waals surface area contributed by atoms with Crippen LogP contribution in [0, 0.1) is 0 Å². The molecule has 0 aromatic rings. The van der Waals surface area contributed by atoms with E-state index in [1.54, 1.807) is 4.31 Å². The second-order valence-electron chi connectivity index (χ2n) is 5.05. The van der Waals surface area contributed by atoms with Gasteiger partial charge in [0.1, 0.15) is 0 Å². The van der Waals surface area contributed by atoms with E-state index in [9.17, 15) is 8.42 Å². The first kappa shape index (κ1) is 13.3. The zero-order valence-electron chi connectivity index (χ0n) is 10.6. The van der Waals surface area contributed by atoms with E-state index < -0.39 is 10.0 Å². The highest BCUT2D eigenvalue weighted by Gasteiger charge is 2.33. The van der Waals surface area contributed by atoms with Crippen molar-refractivity contribution in [3.05, 3.63) is 0 Å². The summed E-state index contributed by atoms with van der Waals surface area (Å²) < 4.78 is 26.7. The predicted octanol–water partition coefficient (Wildman–Crippen LogP) is -0.294. The molecule has 0 spiro atoms. The second kappa shape index (κ2) is 5.65. The highest BCUT2D eigenvalue weighted by atomic mass is 32.2. The molecule has 100 valence electrons. The Bertz CT molecular complexity index is 339. The summed E-state index contributed by atoms with van der Waals surface area (Å²) >= 11 is 0. The zero-order valence-corrected chi connectivity index (χ0v) is 11.4. The van der Waals surface area contributed by atoms with E-state index in [0.29, 0.717) is 13.1 Å². The van der Waals surface area contributed by atoms with Crippen molar-refractivity contribution in [2.75, 3.05) is 46.3 Å². The van der Waals surface area contributed by atoms with Crippen molar-refractivity contribution in [1.29, 1.82) is 0 Å². The number of likely N-dealkylation sites (N-methyl/N-ethyl adjacent to an activating group) is 1. The van der Waals surface area contributed by atoms with Crippen LogP contribution in [0.5, 0.6) is 0 Å². The molecule has 0 aromatic heterocycles. The third-order valence-corrected chi connectivity index (χ3v) is 6.14. The summed E-state index contributed by atoms with van der Waals surface area (Å²) in [4.78, 5) is 2.21. The molecule has 2 aliphatic rings. The maximum Gasteiger partial charge on any atom is 0.217 e. The van der Waals surface area contributed by atoms with Gasteiger partial charge in [-0.05, 0) is 45.9 Å². The highest BCUT2D eigenvalue weighted by Crippen LogP contribution is 2.19. The lowest BCUT2D eigenvalue weighted by molar-refractivity contribution is 0.344. The van der Waals surface area contributed by atoms with Crippen molar-refractivity contribution < 1.29 is 8.42 Å². The van der Waals surface area contributed by atoms with Gasteiger partial charge in [0, 0.05) is 19.6 Å². The molecule has 0 aromatic carbocycles. The van der Waals surface area contributed by atoms with Crippen molar-refractivity contribution in [1.82, 2.24) is 14.5 Å². The number of hydrogen-bond acceptors (Lipinski definition) is 4. The molecular weight excluding hydrogens is 238 g/mol. The molecule has 5 nitrogen and oxygen atoms in total. The van der Waals surface area contributed by atoms with E-state index in [1.165, 1.54) is 0 Å². The zero-order chi connectivity index (χ0) is 12.3. The summed E-state index contributed by atoms with van der Waals surface area (Å²) in [5.41, 5.74) is 0. The summed E-state index contributed by atoms with van der Waals surface area (Å²) in [6.45, 7) is 4.86. The average Bonchev–Trinajstić information content (AvgIpc) is 2.55. The molecule has 2 saturated heterocycles. The fourth-order valence-corrected chi connectivity index (χ4v) is 4.55. The van der Waals surface area contributed by atoms with Gasteiger partial charge in [-0.2, -0.15) is 0 Å². The number of piperidine rings is 1. The number of nitrogens with one attached hydrogen (secondary N) is 1. The summed E-state index contributed by atoms with van der Waals surface area (Å²) in [6.07, 6.45) is 2.46. The second-order valence-corrected chi connectivity index (χ2v) is 7.26. The van der Waals surface area contributed by atoms with E-state index in [1.807, 2.05) is 0 Å². The summed E-state index contributed by atoms with van der Waals surface area (Å²) in [7, 11) is -1.01. The van der Waals surface area contributed by atoms with Gasteiger partial charge in [-0.1, -0.05) is 0 Å². The third kappa shape index (κ3) is 3.19. The van der Waals surface area contributed by atoms with E-state index in [0.717, 1.165) is 45.4 Å². The van der Waals surface area contributed by atoms with Crippen LogP contribution < -0.4 is 5.32 Å². The van der Waals surface area contributed by atoms with Crippen LogP contribution in [0.3, 0.4) is 0 Å². The van der Waals surface area contributed by atoms with E-state index in [4.69, 9.17) is 0 Å². The SMILES string of the molecule is CN1CCCN(S(=O)(=O)C2CCNCC2)CC1. The minimum atomic E-state index is -3.07. The van der Waals surface area contributed by atoms with Crippen LogP contribution in [0.25, 0.3) is 0 Å². The van der Waals surface area contributed by atoms with Gasteiger partial charge in [0.25, 0.3) is 0 Å². The maximum atomic E-state index is 12.5. The lowest BCUT2D eigenvalue weighted by atomic mass is 10.2. The molecule has 0 saturated carbocycles. The maximum absolute atomic E-state index is 12.5. The molecule has 0 amide bonds. The number of nitrogens with zero attached hydrogens (tertiary/aromatic N) is 2. The Morgan fingerprint density at radius 3 is 2.47 bits per heavy atom. The van der Waals surface area contributed by atoms with Crippen molar-refractivity contribution in [2.45, 2.75) is 24.5 Å². The van der Waals surface area contributed by atoms with E-state index in [2.05, 4.69) is 17.3 Å². The van der Waals surface area contributed by atoms with Crippen LogP contribution in [0.15, 0.2) is 0 Å². The van der Waals surface area contributed by atoms with Gasteiger partial charge >= 0.3 is 0 Å². The van der Waals surface area contributed by atoms with Gasteiger partial charge in [0.05, 0.1) is 5.25 Å². The molecule has 2 aliphatic heterocycles. The summed E-state index contributed by atoms with van der Waals surface area (Å²) in [6, 6.07) is 0. The fourth-order valence-electron chi connectivity index (χ4n) is 2.58. The molecule has 0 bridgehead atoms. The molecule has 0 unspecified atom stereocenters. The van der Waals surface area contributed by atoms with Crippen LogP contribution in [0.4, 0.5) is 0 Å². The predicted molar refractivity (Wildman–Crippen MR) is 68.5 cm³/mol. The van der Waals surface area contributed by atoms with Crippen molar-refractivity contribution in [3.8, 4) is 0 Å². The molecule has 0 atom stereocenters. The first-order valence-electron chi connectivity index (χ1n) is 6.49. The van der Waals surface area contributed by atoms with Gasteiger partial charge in [-0.25, -0.2) is 12.7 Å². The molecule has 0 aliphatic carbocycles. The Morgan fingerprint density at radius 1 is 1.06 bits per heavy atom. The minimum absolute atomic E-state index is 0.160.